The van der Waals surface area contributed by atoms with Crippen molar-refractivity contribution >= 4 is 39.1 Å². The molecule has 4 aromatic rings. The lowest BCUT2D eigenvalue weighted by atomic mass is 10.0. The molecule has 9 heteroatoms. The molecular formula is C36H40ClN3O4S. The first-order valence-electron chi connectivity index (χ1n) is 15.0. The molecule has 0 aliphatic heterocycles. The largest absolute Gasteiger partial charge is 0.352 e. The fourth-order valence-corrected chi connectivity index (χ4v) is 6.59. The van der Waals surface area contributed by atoms with Gasteiger partial charge in [0.15, 0.2) is 0 Å². The van der Waals surface area contributed by atoms with Crippen molar-refractivity contribution in [1.29, 1.82) is 0 Å². The molecule has 0 saturated heterocycles. The summed E-state index contributed by atoms with van der Waals surface area (Å²) in [7, 11) is -4.19. The van der Waals surface area contributed by atoms with Crippen molar-refractivity contribution in [3.63, 3.8) is 0 Å². The lowest BCUT2D eigenvalue weighted by molar-refractivity contribution is -0.140. The third-order valence-electron chi connectivity index (χ3n) is 7.76. The molecule has 4 rings (SSSR count). The fourth-order valence-electron chi connectivity index (χ4n) is 4.99. The number of carbonyl (C=O) groups excluding carboxylic acids is 2. The van der Waals surface area contributed by atoms with E-state index in [2.05, 4.69) is 5.32 Å². The number of amides is 2. The molecule has 2 unspecified atom stereocenters. The Morgan fingerprint density at radius 1 is 0.844 bits per heavy atom. The molecule has 2 amide bonds. The molecule has 7 nitrogen and oxygen atoms in total. The lowest BCUT2D eigenvalue weighted by Gasteiger charge is -2.34. The Morgan fingerprint density at radius 2 is 1.49 bits per heavy atom. The van der Waals surface area contributed by atoms with Gasteiger partial charge in [-0.3, -0.25) is 13.9 Å². The number of halogens is 1. The Morgan fingerprint density at radius 3 is 2.11 bits per heavy atom. The highest BCUT2D eigenvalue weighted by Crippen LogP contribution is 2.29. The summed E-state index contributed by atoms with van der Waals surface area (Å²) in [6, 6.07) is 29.1. The topological polar surface area (TPSA) is 86.8 Å². The van der Waals surface area contributed by atoms with E-state index in [9.17, 15) is 18.0 Å². The summed E-state index contributed by atoms with van der Waals surface area (Å²) in [5, 5.41) is 3.43. The number of rotatable bonds is 13. The van der Waals surface area contributed by atoms with Crippen LogP contribution < -0.4 is 9.62 Å². The molecule has 0 aliphatic carbocycles. The van der Waals surface area contributed by atoms with Crippen LogP contribution in [0.3, 0.4) is 0 Å². The monoisotopic (exact) mass is 645 g/mol. The van der Waals surface area contributed by atoms with Crippen LogP contribution >= 0.6 is 11.6 Å². The lowest BCUT2D eigenvalue weighted by Crippen LogP contribution is -2.54. The maximum atomic E-state index is 14.5. The summed E-state index contributed by atoms with van der Waals surface area (Å²) in [5.41, 5.74) is 3.74. The summed E-state index contributed by atoms with van der Waals surface area (Å²) < 4.78 is 29.3. The van der Waals surface area contributed by atoms with E-state index in [-0.39, 0.29) is 35.5 Å². The van der Waals surface area contributed by atoms with Crippen LogP contribution in [0.4, 0.5) is 5.69 Å². The number of benzene rings is 4. The minimum atomic E-state index is -4.19. The number of nitrogens with one attached hydrogen (secondary N) is 1. The number of nitrogens with zero attached hydrogens (tertiary/aromatic N) is 2. The number of sulfonamides is 1. The fraction of sp³-hybridized carbons (Fsp3) is 0.278. The average molecular weight is 646 g/mol. The molecule has 45 heavy (non-hydrogen) atoms. The normalized spacial score (nSPS) is 12.6. The Balaban J connectivity index is 1.82. The van der Waals surface area contributed by atoms with E-state index < -0.39 is 28.5 Å². The van der Waals surface area contributed by atoms with E-state index in [0.29, 0.717) is 11.4 Å². The predicted molar refractivity (Wildman–Crippen MR) is 181 cm³/mol. The SMILES string of the molecule is CCC(C)NC(=O)C(Cc1ccccc1)N(Cc1cccc(C)c1)C(=O)CN(c1ccc(C)c(Cl)c1)S(=O)(=O)c1ccccc1. The van der Waals surface area contributed by atoms with Crippen LogP contribution in [0.5, 0.6) is 0 Å². The van der Waals surface area contributed by atoms with E-state index in [1.54, 1.807) is 36.4 Å². The van der Waals surface area contributed by atoms with Gasteiger partial charge in [0, 0.05) is 24.0 Å². The van der Waals surface area contributed by atoms with Crippen molar-refractivity contribution in [2.45, 2.75) is 64.1 Å². The van der Waals surface area contributed by atoms with Crippen molar-refractivity contribution in [3.8, 4) is 0 Å². The van der Waals surface area contributed by atoms with Gasteiger partial charge in [0.25, 0.3) is 10.0 Å². The highest BCUT2D eigenvalue weighted by molar-refractivity contribution is 7.92. The molecule has 0 aliphatic rings. The number of hydrogen-bond donors (Lipinski definition) is 1. The first-order valence-corrected chi connectivity index (χ1v) is 16.8. The zero-order valence-electron chi connectivity index (χ0n) is 26.1. The van der Waals surface area contributed by atoms with Gasteiger partial charge in [0.05, 0.1) is 10.6 Å². The zero-order valence-corrected chi connectivity index (χ0v) is 27.7. The molecule has 4 aromatic carbocycles. The van der Waals surface area contributed by atoms with Crippen molar-refractivity contribution in [3.05, 3.63) is 130 Å². The molecule has 0 spiro atoms. The summed E-state index contributed by atoms with van der Waals surface area (Å²) in [6.07, 6.45) is 0.968. The molecule has 0 heterocycles. The summed E-state index contributed by atoms with van der Waals surface area (Å²) >= 11 is 6.45. The van der Waals surface area contributed by atoms with E-state index >= 15 is 0 Å². The molecule has 236 valence electrons. The van der Waals surface area contributed by atoms with E-state index in [1.807, 2.05) is 82.3 Å². The highest BCUT2D eigenvalue weighted by atomic mass is 35.5. The highest BCUT2D eigenvalue weighted by Gasteiger charge is 2.35. The van der Waals surface area contributed by atoms with Crippen LogP contribution in [0, 0.1) is 13.8 Å². The summed E-state index contributed by atoms with van der Waals surface area (Å²) in [6.45, 7) is 7.25. The maximum absolute atomic E-state index is 14.5. The first-order chi connectivity index (χ1) is 21.5. The molecule has 1 N–H and O–H groups in total. The second kappa shape index (κ2) is 15.2. The molecule has 2 atom stereocenters. The number of anilines is 1. The van der Waals surface area contributed by atoms with Crippen LogP contribution in [-0.2, 0) is 32.6 Å². The van der Waals surface area contributed by atoms with Crippen LogP contribution in [0.25, 0.3) is 0 Å². The maximum Gasteiger partial charge on any atom is 0.264 e. The van der Waals surface area contributed by atoms with Gasteiger partial charge in [0.1, 0.15) is 12.6 Å². The van der Waals surface area contributed by atoms with Gasteiger partial charge < -0.3 is 10.2 Å². The quantitative estimate of drug-likeness (QED) is 0.175. The molecule has 0 bridgehead atoms. The molecule has 0 aromatic heterocycles. The minimum absolute atomic E-state index is 0.0371. The van der Waals surface area contributed by atoms with Crippen LogP contribution in [0.1, 0.15) is 42.5 Å². The van der Waals surface area contributed by atoms with Gasteiger partial charge in [0.2, 0.25) is 11.8 Å². The third kappa shape index (κ3) is 8.74. The average Bonchev–Trinajstić information content (AvgIpc) is 3.03. The van der Waals surface area contributed by atoms with Gasteiger partial charge in [-0.1, -0.05) is 103 Å². The van der Waals surface area contributed by atoms with E-state index in [4.69, 9.17) is 11.6 Å². The van der Waals surface area contributed by atoms with Gasteiger partial charge in [-0.25, -0.2) is 8.42 Å². The van der Waals surface area contributed by atoms with Crippen LogP contribution in [0.2, 0.25) is 5.02 Å². The van der Waals surface area contributed by atoms with E-state index in [0.717, 1.165) is 26.6 Å². The van der Waals surface area contributed by atoms with Gasteiger partial charge in [-0.15, -0.1) is 0 Å². The van der Waals surface area contributed by atoms with Crippen molar-refractivity contribution in [1.82, 2.24) is 10.2 Å². The molecule has 0 radical (unpaired) electrons. The predicted octanol–water partition coefficient (Wildman–Crippen LogP) is 6.71. The summed E-state index contributed by atoms with van der Waals surface area (Å²) in [5.74, 6) is -0.821. The Labute approximate surface area is 271 Å². The number of aryl methyl sites for hydroxylation is 2. The zero-order chi connectivity index (χ0) is 32.6. The smallest absolute Gasteiger partial charge is 0.264 e. The minimum Gasteiger partial charge on any atom is -0.352 e. The molecule has 0 fully saturated rings. The molecular weight excluding hydrogens is 606 g/mol. The number of carbonyl (C=O) groups is 2. The third-order valence-corrected chi connectivity index (χ3v) is 9.96. The van der Waals surface area contributed by atoms with Crippen LogP contribution in [-0.4, -0.2) is 43.8 Å². The Bertz CT molecular complexity index is 1720. The van der Waals surface area contributed by atoms with Crippen molar-refractivity contribution < 1.29 is 18.0 Å². The van der Waals surface area contributed by atoms with Crippen molar-refractivity contribution in [2.24, 2.45) is 0 Å². The van der Waals surface area contributed by atoms with Gasteiger partial charge >= 0.3 is 0 Å². The van der Waals surface area contributed by atoms with Gasteiger partial charge in [-0.2, -0.15) is 0 Å². The first kappa shape index (κ1) is 33.7. The standard InChI is InChI=1S/C36H40ClN3O4S/c1-5-28(4)38-36(42)34(22-29-14-8-6-9-15-29)39(24-30-16-12-13-26(2)21-30)35(41)25-40(31-20-19-27(3)33(37)23-31)45(43,44)32-17-10-7-11-18-32/h6-21,23,28,34H,5,22,24-25H2,1-4H3,(H,38,42). The Kier molecular flexibility index (Phi) is 11.4. The van der Waals surface area contributed by atoms with Crippen molar-refractivity contribution in [2.75, 3.05) is 10.8 Å². The second-order valence-corrected chi connectivity index (χ2v) is 13.6. The number of hydrogen-bond acceptors (Lipinski definition) is 4. The Hall–Kier alpha value is -4.14. The van der Waals surface area contributed by atoms with Gasteiger partial charge in [-0.05, 0) is 68.1 Å². The second-order valence-electron chi connectivity index (χ2n) is 11.3. The van der Waals surface area contributed by atoms with E-state index in [1.165, 1.54) is 17.0 Å². The van der Waals surface area contributed by atoms with Crippen LogP contribution in [0.15, 0.2) is 108 Å². The summed E-state index contributed by atoms with van der Waals surface area (Å²) in [4.78, 5) is 30.0. The molecule has 0 saturated carbocycles.